The van der Waals surface area contributed by atoms with Gasteiger partial charge in [0.15, 0.2) is 0 Å². The fourth-order valence-electron chi connectivity index (χ4n) is 1.27. The number of benzene rings is 1. The van der Waals surface area contributed by atoms with Crippen LogP contribution in [0.5, 0.6) is 0 Å². The summed E-state index contributed by atoms with van der Waals surface area (Å²) in [6.07, 6.45) is 1.42. The number of rotatable bonds is 2. The molecule has 2 rings (SSSR count). The molecule has 0 amide bonds. The van der Waals surface area contributed by atoms with Gasteiger partial charge >= 0.3 is 0 Å². The Hall–Kier alpha value is -0.840. The van der Waals surface area contributed by atoms with Crippen LogP contribution in [-0.2, 0) is 0 Å². The Labute approximate surface area is 117 Å². The monoisotopic (exact) mass is 331 g/mol. The number of aromatic nitrogens is 2. The summed E-state index contributed by atoms with van der Waals surface area (Å²) in [5.41, 5.74) is 1.67. The highest BCUT2D eigenvalue weighted by atomic mass is 79.9. The predicted molar refractivity (Wildman–Crippen MR) is 74.2 cm³/mol. The molecule has 1 heterocycles. The van der Waals surface area contributed by atoms with Crippen molar-refractivity contribution in [3.8, 4) is 0 Å². The molecule has 3 nitrogen and oxygen atoms in total. The van der Waals surface area contributed by atoms with Crippen LogP contribution in [0.4, 0.5) is 11.5 Å². The van der Waals surface area contributed by atoms with Crippen LogP contribution in [0.1, 0.15) is 5.56 Å². The lowest BCUT2D eigenvalue weighted by Gasteiger charge is -2.10. The van der Waals surface area contributed by atoms with E-state index < -0.39 is 0 Å². The smallest absolute Gasteiger partial charge is 0.138 e. The number of nitrogens with zero attached hydrogens (tertiary/aromatic N) is 2. The third-order valence-electron chi connectivity index (χ3n) is 2.21. The Balaban J connectivity index is 2.35. The lowest BCUT2D eigenvalue weighted by atomic mass is 10.3. The van der Waals surface area contributed by atoms with Crippen LogP contribution in [0, 0.1) is 6.92 Å². The Kier molecular flexibility index (Phi) is 3.86. The van der Waals surface area contributed by atoms with Gasteiger partial charge in [-0.3, -0.25) is 0 Å². The molecule has 1 aromatic carbocycles. The molecular formula is C11H8BrCl2N3. The van der Waals surface area contributed by atoms with Gasteiger partial charge in [-0.15, -0.1) is 0 Å². The SMILES string of the molecule is Cc1c(Cl)ncnc1Nc1ccc(Cl)cc1Br. The number of anilines is 2. The number of nitrogens with one attached hydrogen (secondary N) is 1. The second-order valence-electron chi connectivity index (χ2n) is 3.39. The van der Waals surface area contributed by atoms with Crippen molar-refractivity contribution in [2.24, 2.45) is 0 Å². The van der Waals surface area contributed by atoms with Crippen molar-refractivity contribution < 1.29 is 0 Å². The molecule has 0 aliphatic heterocycles. The van der Waals surface area contributed by atoms with Gasteiger partial charge in [0.2, 0.25) is 0 Å². The first-order valence-electron chi connectivity index (χ1n) is 4.77. The standard InChI is InChI=1S/C11H8BrCl2N3/c1-6-10(14)15-5-16-11(6)17-9-3-2-7(13)4-8(9)12/h2-5H,1H3,(H,15,16,17). The zero-order valence-corrected chi connectivity index (χ0v) is 11.9. The van der Waals surface area contributed by atoms with Gasteiger partial charge < -0.3 is 5.32 Å². The van der Waals surface area contributed by atoms with Gasteiger partial charge in [-0.25, -0.2) is 9.97 Å². The van der Waals surface area contributed by atoms with Gasteiger partial charge in [0, 0.05) is 15.1 Å². The summed E-state index contributed by atoms with van der Waals surface area (Å²) >= 11 is 15.2. The second-order valence-corrected chi connectivity index (χ2v) is 5.04. The quantitative estimate of drug-likeness (QED) is 0.817. The maximum absolute atomic E-state index is 5.92. The summed E-state index contributed by atoms with van der Waals surface area (Å²) in [5, 5.41) is 4.27. The van der Waals surface area contributed by atoms with Crippen LogP contribution in [0.2, 0.25) is 10.2 Å². The summed E-state index contributed by atoms with van der Waals surface area (Å²) in [5.74, 6) is 0.674. The fourth-order valence-corrected chi connectivity index (χ4v) is 2.19. The lowest BCUT2D eigenvalue weighted by molar-refractivity contribution is 1.13. The predicted octanol–water partition coefficient (Wildman–Crippen LogP) is 4.60. The highest BCUT2D eigenvalue weighted by molar-refractivity contribution is 9.10. The molecule has 0 fully saturated rings. The van der Waals surface area contributed by atoms with Gasteiger partial charge in [0.05, 0.1) is 5.69 Å². The van der Waals surface area contributed by atoms with E-state index >= 15 is 0 Å². The van der Waals surface area contributed by atoms with Crippen molar-refractivity contribution in [2.45, 2.75) is 6.92 Å². The van der Waals surface area contributed by atoms with Crippen LogP contribution >= 0.6 is 39.1 Å². The van der Waals surface area contributed by atoms with Crippen molar-refractivity contribution in [3.63, 3.8) is 0 Å². The fraction of sp³-hybridized carbons (Fsp3) is 0.0909. The third-order valence-corrected chi connectivity index (χ3v) is 3.48. The summed E-state index contributed by atoms with van der Waals surface area (Å²) in [6.45, 7) is 1.86. The minimum Gasteiger partial charge on any atom is -0.339 e. The van der Waals surface area contributed by atoms with Crippen molar-refractivity contribution in [3.05, 3.63) is 44.7 Å². The molecule has 0 radical (unpaired) electrons. The van der Waals surface area contributed by atoms with E-state index in [1.807, 2.05) is 19.1 Å². The normalized spacial score (nSPS) is 10.4. The van der Waals surface area contributed by atoms with E-state index in [1.165, 1.54) is 6.33 Å². The van der Waals surface area contributed by atoms with Gasteiger partial charge in [-0.2, -0.15) is 0 Å². The first-order valence-corrected chi connectivity index (χ1v) is 6.32. The van der Waals surface area contributed by atoms with Gasteiger partial charge in [0.25, 0.3) is 0 Å². The molecule has 0 saturated heterocycles. The average Bonchev–Trinajstić information content (AvgIpc) is 2.28. The summed E-state index contributed by atoms with van der Waals surface area (Å²) in [6, 6.07) is 5.47. The average molecular weight is 333 g/mol. The molecule has 0 bridgehead atoms. The summed E-state index contributed by atoms with van der Waals surface area (Å²) in [7, 11) is 0. The molecule has 17 heavy (non-hydrogen) atoms. The minimum atomic E-state index is 0.438. The van der Waals surface area contributed by atoms with Crippen LogP contribution < -0.4 is 5.32 Å². The highest BCUT2D eigenvalue weighted by Crippen LogP contribution is 2.29. The lowest BCUT2D eigenvalue weighted by Crippen LogP contribution is -1.98. The zero-order valence-electron chi connectivity index (χ0n) is 8.84. The molecule has 2 aromatic rings. The second kappa shape index (κ2) is 5.21. The molecule has 0 spiro atoms. The Bertz CT molecular complexity index is 560. The van der Waals surface area contributed by atoms with E-state index in [9.17, 15) is 0 Å². The molecular weight excluding hydrogens is 325 g/mol. The topological polar surface area (TPSA) is 37.8 Å². The molecule has 1 N–H and O–H groups in total. The molecule has 0 atom stereocenters. The summed E-state index contributed by atoms with van der Waals surface area (Å²) in [4.78, 5) is 8.04. The highest BCUT2D eigenvalue weighted by Gasteiger charge is 2.07. The van der Waals surface area contributed by atoms with Crippen LogP contribution in [-0.4, -0.2) is 9.97 Å². The van der Waals surface area contributed by atoms with Gasteiger partial charge in [-0.05, 0) is 41.1 Å². The van der Waals surface area contributed by atoms with E-state index in [2.05, 4.69) is 31.2 Å². The first kappa shape index (κ1) is 12.6. The molecule has 1 aromatic heterocycles. The first-order chi connectivity index (χ1) is 8.08. The van der Waals surface area contributed by atoms with Crippen molar-refractivity contribution in [1.29, 1.82) is 0 Å². The largest absolute Gasteiger partial charge is 0.339 e. The third kappa shape index (κ3) is 2.89. The Morgan fingerprint density at radius 1 is 1.24 bits per heavy atom. The van der Waals surface area contributed by atoms with Gasteiger partial charge in [-0.1, -0.05) is 23.2 Å². The van der Waals surface area contributed by atoms with Gasteiger partial charge in [0.1, 0.15) is 17.3 Å². The Morgan fingerprint density at radius 2 is 2.00 bits per heavy atom. The van der Waals surface area contributed by atoms with E-state index in [1.54, 1.807) is 6.07 Å². The molecule has 6 heteroatoms. The molecule has 0 aliphatic rings. The van der Waals surface area contributed by atoms with E-state index in [-0.39, 0.29) is 0 Å². The number of halogens is 3. The zero-order chi connectivity index (χ0) is 12.4. The molecule has 0 saturated carbocycles. The molecule has 0 aliphatic carbocycles. The van der Waals surface area contributed by atoms with Crippen molar-refractivity contribution in [2.75, 3.05) is 5.32 Å². The van der Waals surface area contributed by atoms with Crippen LogP contribution in [0.25, 0.3) is 0 Å². The maximum atomic E-state index is 5.92. The van der Waals surface area contributed by atoms with E-state index in [4.69, 9.17) is 23.2 Å². The summed E-state index contributed by atoms with van der Waals surface area (Å²) < 4.78 is 0.860. The number of hydrogen-bond donors (Lipinski definition) is 1. The van der Waals surface area contributed by atoms with Crippen LogP contribution in [0.15, 0.2) is 29.0 Å². The Morgan fingerprint density at radius 3 is 2.71 bits per heavy atom. The maximum Gasteiger partial charge on any atom is 0.138 e. The van der Waals surface area contributed by atoms with E-state index in [0.717, 1.165) is 15.7 Å². The minimum absolute atomic E-state index is 0.438. The molecule has 0 unspecified atom stereocenters. The van der Waals surface area contributed by atoms with E-state index in [0.29, 0.717) is 16.0 Å². The van der Waals surface area contributed by atoms with Crippen molar-refractivity contribution in [1.82, 2.24) is 9.97 Å². The molecule has 88 valence electrons. The number of hydrogen-bond acceptors (Lipinski definition) is 3. The van der Waals surface area contributed by atoms with Crippen LogP contribution in [0.3, 0.4) is 0 Å². The van der Waals surface area contributed by atoms with Crippen molar-refractivity contribution >= 4 is 50.6 Å².